The SMILES string of the molecule is CC(C)OCC(O)c1cnn(C)c1N. The number of aliphatic hydroxyl groups excluding tert-OH is 1. The van der Waals surface area contributed by atoms with E-state index in [1.165, 1.54) is 4.68 Å². The minimum atomic E-state index is -0.703. The molecule has 5 heteroatoms. The minimum absolute atomic E-state index is 0.0996. The van der Waals surface area contributed by atoms with Gasteiger partial charge in [0.1, 0.15) is 11.9 Å². The average Bonchev–Trinajstić information content (AvgIpc) is 2.44. The van der Waals surface area contributed by atoms with Crippen LogP contribution in [0.5, 0.6) is 0 Å². The highest BCUT2D eigenvalue weighted by molar-refractivity contribution is 5.39. The van der Waals surface area contributed by atoms with Crippen molar-refractivity contribution >= 4 is 5.82 Å². The molecule has 0 aliphatic heterocycles. The Balaban J connectivity index is 2.60. The van der Waals surface area contributed by atoms with Crippen LogP contribution in [0.4, 0.5) is 5.82 Å². The molecule has 0 saturated carbocycles. The molecule has 80 valence electrons. The third-order valence-electron chi connectivity index (χ3n) is 1.96. The van der Waals surface area contributed by atoms with Crippen molar-refractivity contribution in [3.05, 3.63) is 11.8 Å². The van der Waals surface area contributed by atoms with Crippen LogP contribution < -0.4 is 5.73 Å². The molecule has 0 saturated heterocycles. The number of nitrogen functional groups attached to an aromatic ring is 1. The van der Waals surface area contributed by atoms with Crippen LogP contribution in [0.1, 0.15) is 25.5 Å². The summed E-state index contributed by atoms with van der Waals surface area (Å²) >= 11 is 0. The van der Waals surface area contributed by atoms with Crippen LogP contribution in [0.25, 0.3) is 0 Å². The van der Waals surface area contributed by atoms with Gasteiger partial charge < -0.3 is 15.6 Å². The van der Waals surface area contributed by atoms with Crippen molar-refractivity contribution in [1.82, 2.24) is 9.78 Å². The van der Waals surface area contributed by atoms with E-state index in [-0.39, 0.29) is 12.7 Å². The Hall–Kier alpha value is -1.07. The highest BCUT2D eigenvalue weighted by Gasteiger charge is 2.15. The van der Waals surface area contributed by atoms with Gasteiger partial charge in [-0.05, 0) is 13.8 Å². The lowest BCUT2D eigenvalue weighted by molar-refractivity contribution is 0.00519. The number of hydrogen-bond acceptors (Lipinski definition) is 4. The molecule has 0 fully saturated rings. The molecular formula is C9H17N3O2. The van der Waals surface area contributed by atoms with Crippen LogP contribution in [0.2, 0.25) is 0 Å². The van der Waals surface area contributed by atoms with Gasteiger partial charge in [-0.2, -0.15) is 5.10 Å². The van der Waals surface area contributed by atoms with E-state index in [2.05, 4.69) is 5.10 Å². The first-order chi connectivity index (χ1) is 6.52. The first kappa shape index (κ1) is 11.0. The van der Waals surface area contributed by atoms with E-state index in [1.54, 1.807) is 13.2 Å². The molecule has 1 rings (SSSR count). The fraction of sp³-hybridized carbons (Fsp3) is 0.667. The molecule has 0 aliphatic rings. The lowest BCUT2D eigenvalue weighted by Gasteiger charge is -2.12. The van der Waals surface area contributed by atoms with Crippen LogP contribution in [0, 0.1) is 0 Å². The quantitative estimate of drug-likeness (QED) is 0.739. The fourth-order valence-corrected chi connectivity index (χ4v) is 1.09. The average molecular weight is 199 g/mol. The number of hydrogen-bond donors (Lipinski definition) is 2. The minimum Gasteiger partial charge on any atom is -0.386 e. The maximum absolute atomic E-state index is 9.71. The molecule has 5 nitrogen and oxygen atoms in total. The second-order valence-electron chi connectivity index (χ2n) is 3.51. The van der Waals surface area contributed by atoms with Crippen molar-refractivity contribution in [3.63, 3.8) is 0 Å². The second-order valence-corrected chi connectivity index (χ2v) is 3.51. The van der Waals surface area contributed by atoms with Gasteiger partial charge in [0, 0.05) is 12.6 Å². The van der Waals surface area contributed by atoms with Crippen molar-refractivity contribution in [2.75, 3.05) is 12.3 Å². The predicted molar refractivity (Wildman–Crippen MR) is 53.7 cm³/mol. The molecule has 1 atom stereocenters. The zero-order valence-corrected chi connectivity index (χ0v) is 8.77. The summed E-state index contributed by atoms with van der Waals surface area (Å²) in [5.41, 5.74) is 6.31. The summed E-state index contributed by atoms with van der Waals surface area (Å²) in [4.78, 5) is 0. The highest BCUT2D eigenvalue weighted by Crippen LogP contribution is 2.19. The van der Waals surface area contributed by atoms with E-state index >= 15 is 0 Å². The van der Waals surface area contributed by atoms with Gasteiger partial charge in [-0.25, -0.2) is 0 Å². The monoisotopic (exact) mass is 199 g/mol. The van der Waals surface area contributed by atoms with Crippen LogP contribution in [0.3, 0.4) is 0 Å². The van der Waals surface area contributed by atoms with Gasteiger partial charge in [-0.3, -0.25) is 4.68 Å². The van der Waals surface area contributed by atoms with Crippen LogP contribution in [0.15, 0.2) is 6.20 Å². The molecule has 14 heavy (non-hydrogen) atoms. The normalized spacial score (nSPS) is 13.5. The molecule has 1 heterocycles. The number of nitrogens with zero attached hydrogens (tertiary/aromatic N) is 2. The van der Waals surface area contributed by atoms with Crippen molar-refractivity contribution in [2.24, 2.45) is 7.05 Å². The zero-order chi connectivity index (χ0) is 10.7. The molecule has 0 radical (unpaired) electrons. The molecule has 0 aromatic carbocycles. The predicted octanol–water partition coefficient (Wildman–Crippen LogP) is 0.461. The van der Waals surface area contributed by atoms with Crippen molar-refractivity contribution in [2.45, 2.75) is 26.1 Å². The summed E-state index contributed by atoms with van der Waals surface area (Å²) in [6.45, 7) is 4.08. The fourth-order valence-electron chi connectivity index (χ4n) is 1.09. The first-order valence-corrected chi connectivity index (χ1v) is 4.59. The molecular weight excluding hydrogens is 182 g/mol. The molecule has 3 N–H and O–H groups in total. The molecule has 1 unspecified atom stereocenters. The number of rotatable bonds is 4. The third-order valence-corrected chi connectivity index (χ3v) is 1.96. The van der Waals surface area contributed by atoms with Gasteiger partial charge >= 0.3 is 0 Å². The number of aliphatic hydroxyl groups is 1. The maximum atomic E-state index is 9.71. The topological polar surface area (TPSA) is 73.3 Å². The van der Waals surface area contributed by atoms with E-state index in [0.29, 0.717) is 11.4 Å². The van der Waals surface area contributed by atoms with E-state index in [0.717, 1.165) is 0 Å². The van der Waals surface area contributed by atoms with Crippen molar-refractivity contribution < 1.29 is 9.84 Å². The first-order valence-electron chi connectivity index (χ1n) is 4.59. The van der Waals surface area contributed by atoms with Gasteiger partial charge in [-0.15, -0.1) is 0 Å². The molecule has 1 aromatic rings. The summed E-state index contributed by atoms with van der Waals surface area (Å²) in [5.74, 6) is 0.477. The summed E-state index contributed by atoms with van der Waals surface area (Å²) in [5, 5.41) is 13.6. The van der Waals surface area contributed by atoms with Crippen molar-refractivity contribution in [1.29, 1.82) is 0 Å². The van der Waals surface area contributed by atoms with Crippen LogP contribution >= 0.6 is 0 Å². The number of anilines is 1. The Bertz CT molecular complexity index is 296. The lowest BCUT2D eigenvalue weighted by atomic mass is 10.2. The summed E-state index contributed by atoms with van der Waals surface area (Å²) in [6, 6.07) is 0. The summed E-state index contributed by atoms with van der Waals surface area (Å²) in [6.07, 6.45) is 0.956. The summed E-state index contributed by atoms with van der Waals surface area (Å²) in [7, 11) is 1.73. The van der Waals surface area contributed by atoms with E-state index in [9.17, 15) is 5.11 Å². The van der Waals surface area contributed by atoms with Crippen LogP contribution in [-0.2, 0) is 11.8 Å². The maximum Gasteiger partial charge on any atom is 0.127 e. The smallest absolute Gasteiger partial charge is 0.127 e. The second kappa shape index (κ2) is 4.43. The molecule has 0 amide bonds. The standard InChI is InChI=1S/C9H17N3O2/c1-6(2)14-5-8(13)7-4-11-12(3)9(7)10/h4,6,8,13H,5,10H2,1-3H3. The Kier molecular flexibility index (Phi) is 3.49. The van der Waals surface area contributed by atoms with Gasteiger partial charge in [-0.1, -0.05) is 0 Å². The molecule has 1 aromatic heterocycles. The summed E-state index contributed by atoms with van der Waals surface area (Å²) < 4.78 is 6.80. The number of nitrogens with two attached hydrogens (primary N) is 1. The van der Waals surface area contributed by atoms with Crippen molar-refractivity contribution in [3.8, 4) is 0 Å². The Morgan fingerprint density at radius 3 is 2.71 bits per heavy atom. The largest absolute Gasteiger partial charge is 0.386 e. The van der Waals surface area contributed by atoms with E-state index < -0.39 is 6.10 Å². The van der Waals surface area contributed by atoms with Gasteiger partial charge in [0.15, 0.2) is 0 Å². The Labute approximate surface area is 83.5 Å². The van der Waals surface area contributed by atoms with Crippen LogP contribution in [-0.4, -0.2) is 27.6 Å². The zero-order valence-electron chi connectivity index (χ0n) is 8.77. The lowest BCUT2D eigenvalue weighted by Crippen LogP contribution is -2.13. The number of aromatic nitrogens is 2. The third kappa shape index (κ3) is 2.46. The molecule has 0 spiro atoms. The number of aryl methyl sites for hydroxylation is 1. The number of ether oxygens (including phenoxy) is 1. The van der Waals surface area contributed by atoms with E-state index in [1.807, 2.05) is 13.8 Å². The molecule has 0 bridgehead atoms. The van der Waals surface area contributed by atoms with E-state index in [4.69, 9.17) is 10.5 Å². The van der Waals surface area contributed by atoms with Gasteiger partial charge in [0.25, 0.3) is 0 Å². The highest BCUT2D eigenvalue weighted by atomic mass is 16.5. The van der Waals surface area contributed by atoms with Gasteiger partial charge in [0.2, 0.25) is 0 Å². The molecule has 0 aliphatic carbocycles. The van der Waals surface area contributed by atoms with Gasteiger partial charge in [0.05, 0.1) is 18.9 Å². The Morgan fingerprint density at radius 2 is 2.29 bits per heavy atom. The Morgan fingerprint density at radius 1 is 1.64 bits per heavy atom.